The van der Waals surface area contributed by atoms with Crippen molar-refractivity contribution in [1.82, 2.24) is 5.01 Å². The fourth-order valence-corrected chi connectivity index (χ4v) is 1.95. The molecule has 2 heteroatoms. The number of nitrogens with two attached hydrogens (primary N) is 1. The summed E-state index contributed by atoms with van der Waals surface area (Å²) in [6, 6.07) is 0. The van der Waals surface area contributed by atoms with Gasteiger partial charge in [-0.3, -0.25) is 5.84 Å². The minimum Gasteiger partial charge on any atom is -0.269 e. The third-order valence-corrected chi connectivity index (χ3v) is 3.10. The van der Waals surface area contributed by atoms with Crippen molar-refractivity contribution in [1.29, 1.82) is 0 Å². The van der Waals surface area contributed by atoms with E-state index in [0.29, 0.717) is 0 Å². The fraction of sp³-hybridized carbons (Fsp3) is 1.00. The SMILES string of the molecule is CCCCCCCCN(N)CCCCCC. The van der Waals surface area contributed by atoms with Crippen LogP contribution in [0.2, 0.25) is 0 Å². The van der Waals surface area contributed by atoms with Crippen LogP contribution in [0.5, 0.6) is 0 Å². The normalized spacial score (nSPS) is 11.2. The molecule has 0 unspecified atom stereocenters. The van der Waals surface area contributed by atoms with Gasteiger partial charge in [-0.2, -0.15) is 0 Å². The Kier molecular flexibility index (Phi) is 12.9. The molecule has 0 saturated carbocycles. The van der Waals surface area contributed by atoms with Gasteiger partial charge >= 0.3 is 0 Å². The molecule has 0 aliphatic heterocycles. The molecule has 0 spiro atoms. The van der Waals surface area contributed by atoms with Crippen molar-refractivity contribution in [3.8, 4) is 0 Å². The van der Waals surface area contributed by atoms with Gasteiger partial charge in [-0.25, -0.2) is 5.01 Å². The van der Waals surface area contributed by atoms with E-state index >= 15 is 0 Å². The summed E-state index contributed by atoms with van der Waals surface area (Å²) in [6.45, 7) is 6.67. The highest BCUT2D eigenvalue weighted by atomic mass is 15.4. The lowest BCUT2D eigenvalue weighted by Gasteiger charge is -2.15. The standard InChI is InChI=1S/C14H32N2/c1-3-5-7-9-10-12-14-16(15)13-11-8-6-4-2/h3-15H2,1-2H3. The van der Waals surface area contributed by atoms with Gasteiger partial charge in [0.2, 0.25) is 0 Å². The van der Waals surface area contributed by atoms with Gasteiger partial charge in [-0.15, -0.1) is 0 Å². The number of hydrogen-bond donors (Lipinski definition) is 1. The van der Waals surface area contributed by atoms with E-state index in [1.165, 1.54) is 64.2 Å². The number of unbranched alkanes of at least 4 members (excludes halogenated alkanes) is 8. The maximum absolute atomic E-state index is 5.93. The molecule has 0 rings (SSSR count). The van der Waals surface area contributed by atoms with E-state index in [2.05, 4.69) is 13.8 Å². The molecule has 0 heterocycles. The number of hydrogen-bond acceptors (Lipinski definition) is 2. The average Bonchev–Trinajstić information content (AvgIpc) is 2.29. The van der Waals surface area contributed by atoms with Crippen LogP contribution >= 0.6 is 0 Å². The first kappa shape index (κ1) is 15.9. The second-order valence-electron chi connectivity index (χ2n) is 4.86. The number of hydrazine groups is 1. The maximum atomic E-state index is 5.93. The van der Waals surface area contributed by atoms with Gasteiger partial charge in [-0.05, 0) is 12.8 Å². The number of nitrogens with zero attached hydrogens (tertiary/aromatic N) is 1. The Hall–Kier alpha value is -0.0800. The predicted octanol–water partition coefficient (Wildman–Crippen LogP) is 4.10. The first-order valence-electron chi connectivity index (χ1n) is 7.30. The third kappa shape index (κ3) is 12.0. The molecule has 0 aromatic carbocycles. The number of rotatable bonds is 12. The summed E-state index contributed by atoms with van der Waals surface area (Å²) in [6.07, 6.45) is 13.4. The largest absolute Gasteiger partial charge is 0.269 e. The molecule has 0 aliphatic rings. The Bertz CT molecular complexity index is 126. The smallest absolute Gasteiger partial charge is 0.0128 e. The summed E-state index contributed by atoms with van der Waals surface area (Å²) in [7, 11) is 0. The van der Waals surface area contributed by atoms with Crippen molar-refractivity contribution in [2.75, 3.05) is 13.1 Å². The average molecular weight is 228 g/mol. The van der Waals surface area contributed by atoms with Crippen LogP contribution in [0.25, 0.3) is 0 Å². The highest BCUT2D eigenvalue weighted by Gasteiger charge is 1.98. The first-order valence-corrected chi connectivity index (χ1v) is 7.30. The minimum atomic E-state index is 1.08. The van der Waals surface area contributed by atoms with Crippen LogP contribution in [-0.4, -0.2) is 18.1 Å². The van der Waals surface area contributed by atoms with Gasteiger partial charge in [-0.1, -0.05) is 65.2 Å². The van der Waals surface area contributed by atoms with Crippen LogP contribution in [0.4, 0.5) is 0 Å². The Morgan fingerprint density at radius 1 is 0.625 bits per heavy atom. The summed E-state index contributed by atoms with van der Waals surface area (Å²) < 4.78 is 0. The second-order valence-corrected chi connectivity index (χ2v) is 4.86. The fourth-order valence-electron chi connectivity index (χ4n) is 1.95. The van der Waals surface area contributed by atoms with Gasteiger partial charge in [0.15, 0.2) is 0 Å². The lowest BCUT2D eigenvalue weighted by atomic mass is 10.1. The highest BCUT2D eigenvalue weighted by Crippen LogP contribution is 2.05. The summed E-state index contributed by atoms with van der Waals surface area (Å²) in [5, 5.41) is 2.01. The molecule has 0 aromatic heterocycles. The topological polar surface area (TPSA) is 29.3 Å². The van der Waals surface area contributed by atoms with Crippen molar-refractivity contribution < 1.29 is 0 Å². The molecule has 0 aromatic rings. The molecule has 0 aliphatic carbocycles. The van der Waals surface area contributed by atoms with Crippen molar-refractivity contribution in [2.45, 2.75) is 78.1 Å². The van der Waals surface area contributed by atoms with E-state index in [1.807, 2.05) is 5.01 Å². The molecule has 2 N–H and O–H groups in total. The van der Waals surface area contributed by atoms with Crippen LogP contribution in [0.1, 0.15) is 78.1 Å². The summed E-state index contributed by atoms with van der Waals surface area (Å²) in [5.74, 6) is 5.93. The Morgan fingerprint density at radius 2 is 1.00 bits per heavy atom. The molecule has 0 fully saturated rings. The van der Waals surface area contributed by atoms with Crippen LogP contribution in [0.3, 0.4) is 0 Å². The molecule has 0 bridgehead atoms. The highest BCUT2D eigenvalue weighted by molar-refractivity contribution is 4.51. The van der Waals surface area contributed by atoms with Crippen LogP contribution in [0, 0.1) is 0 Å². The van der Waals surface area contributed by atoms with Gasteiger partial charge in [0.1, 0.15) is 0 Å². The monoisotopic (exact) mass is 228 g/mol. The van der Waals surface area contributed by atoms with Gasteiger partial charge in [0, 0.05) is 13.1 Å². The lowest BCUT2D eigenvalue weighted by Crippen LogP contribution is -2.32. The summed E-state index contributed by atoms with van der Waals surface area (Å²) in [4.78, 5) is 0. The van der Waals surface area contributed by atoms with E-state index < -0.39 is 0 Å². The zero-order valence-electron chi connectivity index (χ0n) is 11.5. The van der Waals surface area contributed by atoms with E-state index in [9.17, 15) is 0 Å². The predicted molar refractivity (Wildman–Crippen MR) is 73.3 cm³/mol. The van der Waals surface area contributed by atoms with Gasteiger partial charge in [0.05, 0.1) is 0 Å². The third-order valence-electron chi connectivity index (χ3n) is 3.10. The van der Waals surface area contributed by atoms with E-state index in [0.717, 1.165) is 13.1 Å². The Balaban J connectivity index is 3.08. The Labute approximate surface area is 103 Å². The van der Waals surface area contributed by atoms with E-state index in [4.69, 9.17) is 5.84 Å². The van der Waals surface area contributed by atoms with E-state index in [-0.39, 0.29) is 0 Å². The van der Waals surface area contributed by atoms with Crippen molar-refractivity contribution in [2.24, 2.45) is 5.84 Å². The molecule has 0 amide bonds. The molecule has 2 nitrogen and oxygen atoms in total. The quantitative estimate of drug-likeness (QED) is 0.309. The van der Waals surface area contributed by atoms with Gasteiger partial charge in [0.25, 0.3) is 0 Å². The van der Waals surface area contributed by atoms with E-state index in [1.54, 1.807) is 0 Å². The van der Waals surface area contributed by atoms with Crippen molar-refractivity contribution >= 4 is 0 Å². The zero-order chi connectivity index (χ0) is 12.1. The molecule has 0 saturated heterocycles. The molecular formula is C14H32N2. The minimum absolute atomic E-state index is 1.08. The maximum Gasteiger partial charge on any atom is 0.0128 e. The summed E-state index contributed by atoms with van der Waals surface area (Å²) in [5.41, 5.74) is 0. The molecule has 0 atom stereocenters. The molecular weight excluding hydrogens is 196 g/mol. The first-order chi connectivity index (χ1) is 7.81. The van der Waals surface area contributed by atoms with Crippen LogP contribution in [-0.2, 0) is 0 Å². The Morgan fingerprint density at radius 3 is 1.50 bits per heavy atom. The van der Waals surface area contributed by atoms with Crippen LogP contribution < -0.4 is 5.84 Å². The second kappa shape index (κ2) is 13.0. The van der Waals surface area contributed by atoms with Crippen molar-refractivity contribution in [3.05, 3.63) is 0 Å². The van der Waals surface area contributed by atoms with Crippen molar-refractivity contribution in [3.63, 3.8) is 0 Å². The molecule has 0 radical (unpaired) electrons. The van der Waals surface area contributed by atoms with Gasteiger partial charge < -0.3 is 0 Å². The molecule has 98 valence electrons. The zero-order valence-corrected chi connectivity index (χ0v) is 11.5. The van der Waals surface area contributed by atoms with Crippen LogP contribution in [0.15, 0.2) is 0 Å². The molecule has 16 heavy (non-hydrogen) atoms. The lowest BCUT2D eigenvalue weighted by molar-refractivity contribution is 0.268. The summed E-state index contributed by atoms with van der Waals surface area (Å²) >= 11 is 0.